The predicted octanol–water partition coefficient (Wildman–Crippen LogP) is 3.86. The van der Waals surface area contributed by atoms with E-state index in [2.05, 4.69) is 15.5 Å². The van der Waals surface area contributed by atoms with Crippen molar-refractivity contribution >= 4 is 33.8 Å². The van der Waals surface area contributed by atoms with E-state index >= 15 is 0 Å². The van der Waals surface area contributed by atoms with Crippen molar-refractivity contribution < 1.29 is 4.52 Å². The number of anilines is 3. The van der Waals surface area contributed by atoms with Crippen molar-refractivity contribution in [3.63, 3.8) is 0 Å². The standard InChI is InChI=1S/C19H14N6O/c20-14-3-1-2-12(8-14)16-11-25-7-6-21-19(25)18(24-16)23-15-5-4-13-10-22-26-17(13)9-15/h1-11H,20H2,(H,23,24). The number of imidazole rings is 1. The van der Waals surface area contributed by atoms with Crippen molar-refractivity contribution in [2.24, 2.45) is 0 Å². The van der Waals surface area contributed by atoms with Gasteiger partial charge in [-0.1, -0.05) is 17.3 Å². The molecule has 3 heterocycles. The van der Waals surface area contributed by atoms with Gasteiger partial charge in [-0.05, 0) is 24.3 Å². The quantitative estimate of drug-likeness (QED) is 0.483. The molecule has 0 aliphatic heterocycles. The summed E-state index contributed by atoms with van der Waals surface area (Å²) in [6, 6.07) is 13.4. The molecule has 3 N–H and O–H groups in total. The van der Waals surface area contributed by atoms with E-state index in [1.54, 1.807) is 12.4 Å². The van der Waals surface area contributed by atoms with E-state index < -0.39 is 0 Å². The van der Waals surface area contributed by atoms with Crippen molar-refractivity contribution in [3.05, 3.63) is 67.3 Å². The van der Waals surface area contributed by atoms with Gasteiger partial charge in [0.05, 0.1) is 11.9 Å². The topological polar surface area (TPSA) is 94.3 Å². The Kier molecular flexibility index (Phi) is 3.11. The van der Waals surface area contributed by atoms with Crippen LogP contribution >= 0.6 is 0 Å². The maximum Gasteiger partial charge on any atom is 0.180 e. The lowest BCUT2D eigenvalue weighted by Gasteiger charge is -2.10. The van der Waals surface area contributed by atoms with Crippen LogP contribution in [-0.2, 0) is 0 Å². The minimum atomic E-state index is 0.647. The van der Waals surface area contributed by atoms with E-state index in [1.165, 1.54) is 0 Å². The fourth-order valence-electron chi connectivity index (χ4n) is 2.93. The molecule has 0 bridgehead atoms. The summed E-state index contributed by atoms with van der Waals surface area (Å²) >= 11 is 0. The number of benzene rings is 2. The van der Waals surface area contributed by atoms with Gasteiger partial charge in [0.2, 0.25) is 0 Å². The van der Waals surface area contributed by atoms with E-state index in [-0.39, 0.29) is 0 Å². The molecule has 3 aromatic heterocycles. The van der Waals surface area contributed by atoms with Crippen LogP contribution in [0, 0.1) is 0 Å². The minimum Gasteiger partial charge on any atom is -0.399 e. The number of rotatable bonds is 3. The van der Waals surface area contributed by atoms with Crippen LogP contribution in [0.4, 0.5) is 17.2 Å². The Morgan fingerprint density at radius 2 is 2.08 bits per heavy atom. The summed E-state index contributed by atoms with van der Waals surface area (Å²) in [7, 11) is 0. The van der Waals surface area contributed by atoms with Gasteiger partial charge in [-0.25, -0.2) is 9.97 Å². The van der Waals surface area contributed by atoms with Crippen molar-refractivity contribution in [2.45, 2.75) is 0 Å². The maximum absolute atomic E-state index is 5.91. The number of hydrogen-bond donors (Lipinski definition) is 2. The molecule has 7 nitrogen and oxygen atoms in total. The molecule has 0 aliphatic rings. The minimum absolute atomic E-state index is 0.647. The van der Waals surface area contributed by atoms with Gasteiger partial charge in [0.1, 0.15) is 0 Å². The van der Waals surface area contributed by atoms with Crippen LogP contribution in [0.5, 0.6) is 0 Å². The lowest BCUT2D eigenvalue weighted by Crippen LogP contribution is -2.00. The number of aromatic nitrogens is 4. The Balaban J connectivity index is 1.62. The number of nitrogen functional groups attached to an aromatic ring is 1. The molecule has 7 heteroatoms. The molecule has 5 rings (SSSR count). The van der Waals surface area contributed by atoms with Crippen LogP contribution in [-0.4, -0.2) is 19.5 Å². The van der Waals surface area contributed by atoms with Gasteiger partial charge in [-0.15, -0.1) is 0 Å². The van der Waals surface area contributed by atoms with E-state index in [4.69, 9.17) is 15.2 Å². The zero-order chi connectivity index (χ0) is 17.5. The molecular formula is C19H14N6O. The molecule has 0 atom stereocenters. The van der Waals surface area contributed by atoms with E-state index in [1.807, 2.05) is 59.3 Å². The van der Waals surface area contributed by atoms with Gasteiger partial charge >= 0.3 is 0 Å². The summed E-state index contributed by atoms with van der Waals surface area (Å²) < 4.78 is 7.16. The Morgan fingerprint density at radius 3 is 3.00 bits per heavy atom. The normalized spacial score (nSPS) is 11.2. The van der Waals surface area contributed by atoms with Gasteiger partial charge in [0.15, 0.2) is 17.0 Å². The molecule has 5 aromatic rings. The summed E-state index contributed by atoms with van der Waals surface area (Å²) in [5.74, 6) is 0.647. The molecule has 0 unspecified atom stereocenters. The molecule has 0 saturated carbocycles. The SMILES string of the molecule is Nc1cccc(-c2cn3ccnc3c(Nc3ccc4cnoc4c3)n2)c1. The second kappa shape index (κ2) is 5.59. The van der Waals surface area contributed by atoms with Crippen molar-refractivity contribution in [3.8, 4) is 11.3 Å². The Morgan fingerprint density at radius 1 is 1.12 bits per heavy atom. The lowest BCUT2D eigenvalue weighted by atomic mass is 10.1. The first-order valence-corrected chi connectivity index (χ1v) is 8.07. The largest absolute Gasteiger partial charge is 0.399 e. The molecule has 0 fully saturated rings. The van der Waals surface area contributed by atoms with Gasteiger partial charge in [0.25, 0.3) is 0 Å². The zero-order valence-electron chi connectivity index (χ0n) is 13.6. The highest BCUT2D eigenvalue weighted by Gasteiger charge is 2.10. The van der Waals surface area contributed by atoms with Gasteiger partial charge in [0, 0.05) is 47.0 Å². The lowest BCUT2D eigenvalue weighted by molar-refractivity contribution is 0.456. The summed E-state index contributed by atoms with van der Waals surface area (Å²) in [4.78, 5) is 9.15. The first-order chi connectivity index (χ1) is 12.8. The average Bonchev–Trinajstić information content (AvgIpc) is 3.30. The Hall–Kier alpha value is -3.87. The molecule has 0 amide bonds. The third-order valence-corrected chi connectivity index (χ3v) is 4.18. The number of nitrogens with one attached hydrogen (secondary N) is 1. The molecule has 126 valence electrons. The molecule has 0 spiro atoms. The molecule has 2 aromatic carbocycles. The Bertz CT molecular complexity index is 1240. The highest BCUT2D eigenvalue weighted by atomic mass is 16.5. The predicted molar refractivity (Wildman–Crippen MR) is 100 cm³/mol. The number of fused-ring (bicyclic) bond motifs is 2. The van der Waals surface area contributed by atoms with Crippen LogP contribution in [0.1, 0.15) is 0 Å². The second-order valence-electron chi connectivity index (χ2n) is 5.96. The van der Waals surface area contributed by atoms with Crippen molar-refractivity contribution in [1.82, 2.24) is 19.5 Å². The van der Waals surface area contributed by atoms with Crippen molar-refractivity contribution in [1.29, 1.82) is 0 Å². The van der Waals surface area contributed by atoms with E-state index in [0.29, 0.717) is 17.1 Å². The molecule has 0 radical (unpaired) electrons. The molecular weight excluding hydrogens is 328 g/mol. The van der Waals surface area contributed by atoms with Crippen LogP contribution in [0.3, 0.4) is 0 Å². The highest BCUT2D eigenvalue weighted by molar-refractivity contribution is 5.82. The number of hydrogen-bond acceptors (Lipinski definition) is 6. The summed E-state index contributed by atoms with van der Waals surface area (Å²) in [5, 5.41) is 8.08. The highest BCUT2D eigenvalue weighted by Crippen LogP contribution is 2.27. The zero-order valence-corrected chi connectivity index (χ0v) is 13.6. The summed E-state index contributed by atoms with van der Waals surface area (Å²) in [5.41, 5.74) is 10.6. The van der Waals surface area contributed by atoms with Crippen LogP contribution in [0.25, 0.3) is 27.9 Å². The summed E-state index contributed by atoms with van der Waals surface area (Å²) in [6.45, 7) is 0. The van der Waals surface area contributed by atoms with Crippen molar-refractivity contribution in [2.75, 3.05) is 11.1 Å². The van der Waals surface area contributed by atoms with Gasteiger partial charge in [-0.3, -0.25) is 0 Å². The molecule has 26 heavy (non-hydrogen) atoms. The van der Waals surface area contributed by atoms with Gasteiger partial charge < -0.3 is 20.0 Å². The second-order valence-corrected chi connectivity index (χ2v) is 5.96. The third kappa shape index (κ3) is 2.42. The number of nitrogens with two attached hydrogens (primary N) is 1. The van der Waals surface area contributed by atoms with Crippen LogP contribution < -0.4 is 11.1 Å². The smallest absolute Gasteiger partial charge is 0.180 e. The summed E-state index contributed by atoms with van der Waals surface area (Å²) in [6.07, 6.45) is 7.25. The van der Waals surface area contributed by atoms with Crippen LogP contribution in [0.2, 0.25) is 0 Å². The van der Waals surface area contributed by atoms with Gasteiger partial charge in [-0.2, -0.15) is 0 Å². The average molecular weight is 342 g/mol. The van der Waals surface area contributed by atoms with E-state index in [0.717, 1.165) is 28.0 Å². The van der Waals surface area contributed by atoms with E-state index in [9.17, 15) is 0 Å². The first kappa shape index (κ1) is 14.5. The third-order valence-electron chi connectivity index (χ3n) is 4.18. The monoisotopic (exact) mass is 342 g/mol. The maximum atomic E-state index is 5.91. The molecule has 0 saturated heterocycles. The Labute approximate surface area is 148 Å². The fourth-order valence-corrected chi connectivity index (χ4v) is 2.93. The fraction of sp³-hybridized carbons (Fsp3) is 0. The number of nitrogens with zero attached hydrogens (tertiary/aromatic N) is 4. The first-order valence-electron chi connectivity index (χ1n) is 8.07. The molecule has 0 aliphatic carbocycles. The van der Waals surface area contributed by atoms with Crippen LogP contribution in [0.15, 0.2) is 71.8 Å².